The molecule has 0 bridgehead atoms. The molecule has 2 aromatic rings. The van der Waals surface area contributed by atoms with E-state index in [0.717, 1.165) is 5.56 Å². The Morgan fingerprint density at radius 2 is 1.44 bits per heavy atom. The van der Waals surface area contributed by atoms with Gasteiger partial charge in [-0.1, -0.05) is 24.3 Å². The Balaban J connectivity index is 2.31. The van der Waals surface area contributed by atoms with E-state index in [9.17, 15) is 10.2 Å². The maximum atomic E-state index is 9.60. The third-order valence-corrected chi connectivity index (χ3v) is 2.44. The van der Waals surface area contributed by atoms with Gasteiger partial charge in [-0.2, -0.15) is 0 Å². The van der Waals surface area contributed by atoms with Gasteiger partial charge in [0.2, 0.25) is 0 Å². The maximum Gasteiger partial charge on any atom is 0.122 e. The number of benzene rings is 2. The van der Waals surface area contributed by atoms with E-state index in [1.54, 1.807) is 24.3 Å². The van der Waals surface area contributed by atoms with Gasteiger partial charge in [0.15, 0.2) is 0 Å². The standard InChI is InChI=1S/C13H12O3/c14-11-6-5-10(13(16)8-11)7-9-3-1-2-4-12(9)15/h1-6,8,14-16H,7H2. The lowest BCUT2D eigenvalue weighted by Crippen LogP contribution is -1.89. The lowest BCUT2D eigenvalue weighted by atomic mass is 10.0. The highest BCUT2D eigenvalue weighted by atomic mass is 16.3. The molecular weight excluding hydrogens is 204 g/mol. The summed E-state index contributed by atoms with van der Waals surface area (Å²) >= 11 is 0. The van der Waals surface area contributed by atoms with Gasteiger partial charge >= 0.3 is 0 Å². The SMILES string of the molecule is Oc1ccc(Cc2ccccc2O)c(O)c1. The van der Waals surface area contributed by atoms with Crippen molar-refractivity contribution in [3.8, 4) is 17.2 Å². The molecule has 0 fully saturated rings. The Bertz CT molecular complexity index is 506. The van der Waals surface area contributed by atoms with E-state index >= 15 is 0 Å². The third kappa shape index (κ3) is 2.08. The minimum Gasteiger partial charge on any atom is -0.508 e. The number of hydrogen-bond donors (Lipinski definition) is 3. The highest BCUT2D eigenvalue weighted by molar-refractivity contribution is 5.44. The van der Waals surface area contributed by atoms with Gasteiger partial charge in [-0.15, -0.1) is 0 Å². The van der Waals surface area contributed by atoms with Gasteiger partial charge in [0, 0.05) is 12.5 Å². The summed E-state index contributed by atoms with van der Waals surface area (Å²) in [5.74, 6) is 0.261. The molecule has 0 unspecified atom stereocenters. The second kappa shape index (κ2) is 4.14. The number of phenolic OH excluding ortho intramolecular Hbond substituents is 3. The van der Waals surface area contributed by atoms with Crippen LogP contribution in [0.1, 0.15) is 11.1 Å². The summed E-state index contributed by atoms with van der Waals surface area (Å²) in [6.07, 6.45) is 0.429. The summed E-state index contributed by atoms with van der Waals surface area (Å²) < 4.78 is 0. The normalized spacial score (nSPS) is 10.2. The van der Waals surface area contributed by atoms with E-state index in [1.165, 1.54) is 12.1 Å². The van der Waals surface area contributed by atoms with Gasteiger partial charge in [-0.3, -0.25) is 0 Å². The molecule has 0 aliphatic heterocycles. The van der Waals surface area contributed by atoms with Crippen molar-refractivity contribution < 1.29 is 15.3 Å². The van der Waals surface area contributed by atoms with Crippen LogP contribution in [-0.4, -0.2) is 15.3 Å². The Labute approximate surface area is 93.2 Å². The Morgan fingerprint density at radius 1 is 0.750 bits per heavy atom. The van der Waals surface area contributed by atoms with E-state index in [1.807, 2.05) is 6.07 Å². The van der Waals surface area contributed by atoms with E-state index in [0.29, 0.717) is 12.0 Å². The van der Waals surface area contributed by atoms with Crippen LogP contribution in [0.25, 0.3) is 0 Å². The second-order valence-electron chi connectivity index (χ2n) is 3.62. The summed E-state index contributed by atoms with van der Waals surface area (Å²) in [6.45, 7) is 0. The second-order valence-corrected chi connectivity index (χ2v) is 3.62. The molecule has 0 aliphatic rings. The van der Waals surface area contributed by atoms with Crippen LogP contribution < -0.4 is 0 Å². The van der Waals surface area contributed by atoms with Crippen LogP contribution in [0.3, 0.4) is 0 Å². The predicted octanol–water partition coefficient (Wildman–Crippen LogP) is 2.39. The molecular formula is C13H12O3. The fourth-order valence-corrected chi connectivity index (χ4v) is 1.57. The minimum absolute atomic E-state index is 0.0264. The van der Waals surface area contributed by atoms with Crippen LogP contribution in [0.4, 0.5) is 0 Å². The number of rotatable bonds is 2. The highest BCUT2D eigenvalue weighted by Crippen LogP contribution is 2.27. The molecule has 0 radical (unpaired) electrons. The fraction of sp³-hybridized carbons (Fsp3) is 0.0769. The molecule has 2 rings (SSSR count). The van der Waals surface area contributed by atoms with E-state index in [2.05, 4.69) is 0 Å². The van der Waals surface area contributed by atoms with Crippen LogP contribution >= 0.6 is 0 Å². The number of aromatic hydroxyl groups is 3. The Hall–Kier alpha value is -2.16. The van der Waals surface area contributed by atoms with Crippen LogP contribution in [0.15, 0.2) is 42.5 Å². The lowest BCUT2D eigenvalue weighted by molar-refractivity contribution is 0.446. The topological polar surface area (TPSA) is 60.7 Å². The van der Waals surface area contributed by atoms with Crippen LogP contribution in [0.2, 0.25) is 0 Å². The molecule has 0 spiro atoms. The lowest BCUT2D eigenvalue weighted by Gasteiger charge is -2.06. The van der Waals surface area contributed by atoms with Crippen molar-refractivity contribution in [2.75, 3.05) is 0 Å². The molecule has 0 aliphatic carbocycles. The third-order valence-electron chi connectivity index (χ3n) is 2.44. The molecule has 0 aromatic heterocycles. The average molecular weight is 216 g/mol. The molecule has 2 aromatic carbocycles. The number of hydrogen-bond acceptors (Lipinski definition) is 3. The van der Waals surface area contributed by atoms with Crippen molar-refractivity contribution in [2.24, 2.45) is 0 Å². The monoisotopic (exact) mass is 216 g/mol. The zero-order valence-corrected chi connectivity index (χ0v) is 8.59. The van der Waals surface area contributed by atoms with Crippen molar-refractivity contribution >= 4 is 0 Å². The van der Waals surface area contributed by atoms with Crippen molar-refractivity contribution in [1.82, 2.24) is 0 Å². The van der Waals surface area contributed by atoms with Gasteiger partial charge in [-0.25, -0.2) is 0 Å². The van der Waals surface area contributed by atoms with Gasteiger partial charge < -0.3 is 15.3 Å². The molecule has 0 saturated carbocycles. The van der Waals surface area contributed by atoms with Crippen molar-refractivity contribution in [3.05, 3.63) is 53.6 Å². The van der Waals surface area contributed by atoms with Gasteiger partial charge in [0.1, 0.15) is 17.2 Å². The Morgan fingerprint density at radius 3 is 2.12 bits per heavy atom. The molecule has 82 valence electrons. The number of para-hydroxylation sites is 1. The molecule has 0 amide bonds. The van der Waals surface area contributed by atoms with Gasteiger partial charge in [-0.05, 0) is 23.3 Å². The molecule has 3 nitrogen and oxygen atoms in total. The van der Waals surface area contributed by atoms with Crippen molar-refractivity contribution in [2.45, 2.75) is 6.42 Å². The Kier molecular flexibility index (Phi) is 2.68. The van der Waals surface area contributed by atoms with Crippen molar-refractivity contribution in [1.29, 1.82) is 0 Å². The van der Waals surface area contributed by atoms with E-state index in [4.69, 9.17) is 5.11 Å². The minimum atomic E-state index is 0.0264. The first kappa shape index (κ1) is 10.4. The fourth-order valence-electron chi connectivity index (χ4n) is 1.57. The van der Waals surface area contributed by atoms with Gasteiger partial charge in [0.25, 0.3) is 0 Å². The smallest absolute Gasteiger partial charge is 0.122 e. The highest BCUT2D eigenvalue weighted by Gasteiger charge is 2.06. The molecule has 0 heterocycles. The first-order chi connectivity index (χ1) is 7.66. The van der Waals surface area contributed by atoms with Crippen LogP contribution in [-0.2, 0) is 6.42 Å². The maximum absolute atomic E-state index is 9.60. The van der Waals surface area contributed by atoms with E-state index < -0.39 is 0 Å². The first-order valence-electron chi connectivity index (χ1n) is 4.94. The summed E-state index contributed by atoms with van der Waals surface area (Å²) in [5, 5.41) is 28.3. The first-order valence-corrected chi connectivity index (χ1v) is 4.94. The zero-order chi connectivity index (χ0) is 11.5. The number of phenols is 3. The quantitative estimate of drug-likeness (QED) is 0.722. The summed E-state index contributed by atoms with van der Waals surface area (Å²) in [5.41, 5.74) is 1.41. The van der Waals surface area contributed by atoms with Crippen LogP contribution in [0.5, 0.6) is 17.2 Å². The summed E-state index contributed by atoms with van der Waals surface area (Å²) in [6, 6.07) is 11.4. The summed E-state index contributed by atoms with van der Waals surface area (Å²) in [4.78, 5) is 0. The average Bonchev–Trinajstić information content (AvgIpc) is 2.25. The molecule has 3 N–H and O–H groups in total. The molecule has 0 atom stereocenters. The van der Waals surface area contributed by atoms with Crippen LogP contribution in [0, 0.1) is 0 Å². The molecule has 3 heteroatoms. The molecule has 16 heavy (non-hydrogen) atoms. The largest absolute Gasteiger partial charge is 0.508 e. The molecule has 0 saturated heterocycles. The van der Waals surface area contributed by atoms with Crippen molar-refractivity contribution in [3.63, 3.8) is 0 Å². The van der Waals surface area contributed by atoms with Gasteiger partial charge in [0.05, 0.1) is 0 Å². The zero-order valence-electron chi connectivity index (χ0n) is 8.59. The summed E-state index contributed by atoms with van der Waals surface area (Å²) in [7, 11) is 0. The predicted molar refractivity (Wildman–Crippen MR) is 60.7 cm³/mol. The van der Waals surface area contributed by atoms with E-state index in [-0.39, 0.29) is 17.2 Å².